The van der Waals surface area contributed by atoms with E-state index in [0.717, 1.165) is 24.2 Å². The molecule has 1 aliphatic rings. The first-order valence-corrected chi connectivity index (χ1v) is 8.88. The first-order valence-electron chi connectivity index (χ1n) is 8.51. The minimum atomic E-state index is -0.955. The molecule has 1 N–H and O–H groups in total. The second kappa shape index (κ2) is 7.01. The zero-order valence-corrected chi connectivity index (χ0v) is 14.9. The molecule has 2 aromatic rings. The van der Waals surface area contributed by atoms with Gasteiger partial charge in [0.2, 0.25) is 0 Å². The van der Waals surface area contributed by atoms with Crippen LogP contribution in [0.5, 0.6) is 0 Å². The smallest absolute Gasteiger partial charge is 0.127 e. The van der Waals surface area contributed by atoms with Gasteiger partial charge >= 0.3 is 0 Å². The molecule has 24 heavy (non-hydrogen) atoms. The minimum absolute atomic E-state index is 0.248. The van der Waals surface area contributed by atoms with E-state index in [4.69, 9.17) is 11.6 Å². The topological polar surface area (TPSA) is 38.0 Å². The molecule has 1 saturated carbocycles. The van der Waals surface area contributed by atoms with Crippen molar-refractivity contribution in [3.05, 3.63) is 53.1 Å². The molecule has 1 aromatic heterocycles. The van der Waals surface area contributed by atoms with Crippen LogP contribution in [0.15, 0.2) is 36.7 Å². The van der Waals surface area contributed by atoms with E-state index in [1.54, 1.807) is 0 Å². The van der Waals surface area contributed by atoms with Gasteiger partial charge in [0, 0.05) is 41.4 Å². The number of nitrogens with zero attached hydrogens (tertiary/aromatic N) is 2. The van der Waals surface area contributed by atoms with E-state index in [0.29, 0.717) is 23.8 Å². The van der Waals surface area contributed by atoms with Crippen LogP contribution in [0.4, 0.5) is 0 Å². The van der Waals surface area contributed by atoms with Gasteiger partial charge in [0.05, 0.1) is 0 Å². The summed E-state index contributed by atoms with van der Waals surface area (Å²) >= 11 is 6.00. The number of hydrogen-bond donors (Lipinski definition) is 1. The van der Waals surface area contributed by atoms with Crippen LogP contribution in [0, 0.1) is 11.8 Å². The normalized spacial score (nSPS) is 23.8. The average molecular weight is 343 g/mol. The van der Waals surface area contributed by atoms with Crippen molar-refractivity contribution in [2.75, 3.05) is 0 Å². The molecule has 0 unspecified atom stereocenters. The lowest BCUT2D eigenvalue weighted by molar-refractivity contribution is 0.0391. The van der Waals surface area contributed by atoms with Gasteiger partial charge in [-0.1, -0.05) is 43.4 Å². The van der Waals surface area contributed by atoms with Crippen molar-refractivity contribution in [3.63, 3.8) is 0 Å². The molecule has 4 heteroatoms. The Labute approximate surface area is 148 Å². The Balaban J connectivity index is 1.81. The highest BCUT2D eigenvalue weighted by atomic mass is 35.5. The maximum absolute atomic E-state index is 11.0. The van der Waals surface area contributed by atoms with Crippen LogP contribution in [0.3, 0.4) is 0 Å². The molecule has 3 rings (SSSR count). The summed E-state index contributed by atoms with van der Waals surface area (Å²) in [5.41, 5.74) is -0.118. The van der Waals surface area contributed by atoms with Gasteiger partial charge in [-0.3, -0.25) is 0 Å². The van der Waals surface area contributed by atoms with E-state index in [9.17, 15) is 5.11 Å². The second-order valence-electron chi connectivity index (χ2n) is 6.89. The van der Waals surface area contributed by atoms with E-state index in [1.807, 2.05) is 36.7 Å². The predicted molar refractivity (Wildman–Crippen MR) is 97.1 cm³/mol. The number of imidazole rings is 1. The summed E-state index contributed by atoms with van der Waals surface area (Å²) < 4.78 is 2.22. The Morgan fingerprint density at radius 3 is 3.00 bits per heavy atom. The third-order valence-corrected chi connectivity index (χ3v) is 4.81. The van der Waals surface area contributed by atoms with Crippen LogP contribution >= 0.6 is 11.6 Å². The monoisotopic (exact) mass is 342 g/mol. The highest BCUT2D eigenvalue weighted by Gasteiger charge is 2.34. The fraction of sp³-hybridized carbons (Fsp3) is 0.450. The molecule has 1 aliphatic carbocycles. The van der Waals surface area contributed by atoms with Gasteiger partial charge in [0.25, 0.3) is 0 Å². The molecule has 0 radical (unpaired) electrons. The lowest BCUT2D eigenvalue weighted by Crippen LogP contribution is -2.35. The third kappa shape index (κ3) is 3.83. The number of hydrogen-bond acceptors (Lipinski definition) is 2. The summed E-state index contributed by atoms with van der Waals surface area (Å²) in [6.07, 6.45) is 7.23. The summed E-state index contributed by atoms with van der Waals surface area (Å²) in [5, 5.41) is 11.6. The SMILES string of the molecule is CC(C)c1nccn1[C@H]1CCC[C@@](O)(C#Cc2cccc(Cl)c2)C1. The lowest BCUT2D eigenvalue weighted by Gasteiger charge is -2.34. The van der Waals surface area contributed by atoms with Crippen LogP contribution in [0.25, 0.3) is 0 Å². The molecule has 126 valence electrons. The zero-order chi connectivity index (χ0) is 17.2. The Morgan fingerprint density at radius 1 is 1.42 bits per heavy atom. The molecular formula is C20H23ClN2O. The Morgan fingerprint density at radius 2 is 2.25 bits per heavy atom. The fourth-order valence-corrected chi connectivity index (χ4v) is 3.60. The summed E-state index contributed by atoms with van der Waals surface area (Å²) in [5.74, 6) is 7.63. The second-order valence-corrected chi connectivity index (χ2v) is 7.33. The van der Waals surface area contributed by atoms with Crippen molar-refractivity contribution in [1.82, 2.24) is 9.55 Å². The first-order chi connectivity index (χ1) is 11.5. The van der Waals surface area contributed by atoms with Crippen molar-refractivity contribution >= 4 is 11.6 Å². The van der Waals surface area contributed by atoms with E-state index in [-0.39, 0.29) is 6.04 Å². The first kappa shape index (κ1) is 17.1. The Kier molecular flexibility index (Phi) is 4.99. The molecule has 0 spiro atoms. The van der Waals surface area contributed by atoms with Crippen molar-refractivity contribution in [1.29, 1.82) is 0 Å². The quantitative estimate of drug-likeness (QED) is 0.812. The molecule has 0 saturated heterocycles. The Hall–Kier alpha value is -1.76. The van der Waals surface area contributed by atoms with Gasteiger partial charge in [0.1, 0.15) is 11.4 Å². The fourth-order valence-electron chi connectivity index (χ4n) is 3.41. The van der Waals surface area contributed by atoms with Gasteiger partial charge < -0.3 is 9.67 Å². The number of halogens is 1. The van der Waals surface area contributed by atoms with Crippen molar-refractivity contribution < 1.29 is 5.11 Å². The molecule has 2 atom stereocenters. The molecule has 1 fully saturated rings. The number of aliphatic hydroxyl groups is 1. The van der Waals surface area contributed by atoms with Crippen LogP contribution in [0.2, 0.25) is 5.02 Å². The number of benzene rings is 1. The van der Waals surface area contributed by atoms with Crippen LogP contribution in [0.1, 0.15) is 62.9 Å². The van der Waals surface area contributed by atoms with Gasteiger partial charge in [-0.05, 0) is 37.5 Å². The van der Waals surface area contributed by atoms with E-state index in [2.05, 4.69) is 35.2 Å². The number of rotatable bonds is 2. The molecule has 1 heterocycles. The number of aromatic nitrogens is 2. The van der Waals surface area contributed by atoms with Gasteiger partial charge in [-0.25, -0.2) is 4.98 Å². The molecule has 0 bridgehead atoms. The summed E-state index contributed by atoms with van der Waals surface area (Å²) in [4.78, 5) is 4.47. The highest BCUT2D eigenvalue weighted by molar-refractivity contribution is 6.30. The average Bonchev–Trinajstić information content (AvgIpc) is 3.03. The van der Waals surface area contributed by atoms with E-state index >= 15 is 0 Å². The van der Waals surface area contributed by atoms with E-state index < -0.39 is 5.60 Å². The molecule has 0 aliphatic heterocycles. The maximum atomic E-state index is 11.0. The highest BCUT2D eigenvalue weighted by Crippen LogP contribution is 2.36. The Bertz CT molecular complexity index is 771. The van der Waals surface area contributed by atoms with Gasteiger partial charge in [-0.2, -0.15) is 0 Å². The molecule has 0 amide bonds. The summed E-state index contributed by atoms with van der Waals surface area (Å²) in [6.45, 7) is 4.29. The summed E-state index contributed by atoms with van der Waals surface area (Å²) in [7, 11) is 0. The third-order valence-electron chi connectivity index (χ3n) is 4.57. The predicted octanol–water partition coefficient (Wildman–Crippen LogP) is 4.56. The standard InChI is InChI=1S/C20H23ClN2O/c1-15(2)19-22-11-12-23(19)18-7-4-9-20(24,14-18)10-8-16-5-3-6-17(21)13-16/h3,5-6,11-13,15,18,24H,4,7,9,14H2,1-2H3/t18-,20+/m0/s1. The summed E-state index contributed by atoms with van der Waals surface area (Å²) in [6, 6.07) is 7.68. The lowest BCUT2D eigenvalue weighted by atomic mass is 9.81. The van der Waals surface area contributed by atoms with Crippen LogP contribution < -0.4 is 0 Å². The van der Waals surface area contributed by atoms with Gasteiger partial charge in [-0.15, -0.1) is 0 Å². The molecule has 3 nitrogen and oxygen atoms in total. The van der Waals surface area contributed by atoms with Crippen molar-refractivity contribution in [2.45, 2.75) is 57.1 Å². The van der Waals surface area contributed by atoms with Gasteiger partial charge in [0.15, 0.2) is 0 Å². The zero-order valence-electron chi connectivity index (χ0n) is 14.2. The largest absolute Gasteiger partial charge is 0.378 e. The van der Waals surface area contributed by atoms with Crippen LogP contribution in [-0.4, -0.2) is 20.3 Å². The van der Waals surface area contributed by atoms with Crippen molar-refractivity contribution in [3.8, 4) is 11.8 Å². The molecular weight excluding hydrogens is 320 g/mol. The maximum Gasteiger partial charge on any atom is 0.127 e. The molecule has 1 aromatic carbocycles. The van der Waals surface area contributed by atoms with Crippen molar-refractivity contribution in [2.24, 2.45) is 0 Å². The van der Waals surface area contributed by atoms with E-state index in [1.165, 1.54) is 0 Å². The minimum Gasteiger partial charge on any atom is -0.378 e. The van der Waals surface area contributed by atoms with Crippen LogP contribution in [-0.2, 0) is 0 Å².